The second-order valence-electron chi connectivity index (χ2n) is 6.32. The topological polar surface area (TPSA) is 25.8 Å². The average molecular weight is 423 g/mol. The molecular formula is C29H46N2. The summed E-state index contributed by atoms with van der Waals surface area (Å²) in [5.74, 6) is 0. The third kappa shape index (κ3) is 10.4. The van der Waals surface area contributed by atoms with E-state index in [0.29, 0.717) is 0 Å². The second-order valence-corrected chi connectivity index (χ2v) is 6.32. The lowest BCUT2D eigenvalue weighted by Crippen LogP contribution is -1.92. The van der Waals surface area contributed by atoms with E-state index >= 15 is 0 Å². The van der Waals surface area contributed by atoms with Crippen molar-refractivity contribution in [2.24, 2.45) is 0 Å². The number of aryl methyl sites for hydroxylation is 1. The van der Waals surface area contributed by atoms with Crippen molar-refractivity contribution >= 4 is 0 Å². The van der Waals surface area contributed by atoms with Crippen molar-refractivity contribution in [3.8, 4) is 22.5 Å². The zero-order valence-electron chi connectivity index (χ0n) is 22.0. The minimum absolute atomic E-state index is 0.904. The summed E-state index contributed by atoms with van der Waals surface area (Å²) in [4.78, 5) is 8.82. The molecule has 0 radical (unpaired) electrons. The summed E-state index contributed by atoms with van der Waals surface area (Å²) in [6.45, 7) is 22.9. The summed E-state index contributed by atoms with van der Waals surface area (Å²) in [6.07, 6.45) is 6.29. The lowest BCUT2D eigenvalue weighted by Gasteiger charge is -2.12. The summed E-state index contributed by atoms with van der Waals surface area (Å²) in [5.41, 5.74) is 8.27. The van der Waals surface area contributed by atoms with Crippen LogP contribution < -0.4 is 0 Å². The van der Waals surface area contributed by atoms with E-state index in [-0.39, 0.29) is 0 Å². The van der Waals surface area contributed by atoms with E-state index in [1.54, 1.807) is 6.20 Å². The molecule has 0 aliphatic heterocycles. The SMILES string of the molecule is CC.CC.CC.CCCC.Cc1ccc(-c2ccnc(-c3ccccn3)c2)c(C)c1C. The normalized spacial score (nSPS) is 8.74. The molecule has 0 saturated carbocycles. The van der Waals surface area contributed by atoms with Crippen LogP contribution in [0.1, 0.15) is 84.9 Å². The standard InChI is InChI=1S/C19H18N2.C4H10.3C2H6/c1-13-7-8-17(15(3)14(13)2)16-9-11-21-19(12-16)18-6-4-5-10-20-18;1-3-4-2;3*1-2/h4-12H,1-3H3;3-4H2,1-2H3;3*1-2H3. The second kappa shape index (κ2) is 19.5. The molecule has 0 bridgehead atoms. The van der Waals surface area contributed by atoms with Gasteiger partial charge in [-0.2, -0.15) is 0 Å². The van der Waals surface area contributed by atoms with Crippen molar-refractivity contribution in [2.45, 2.75) is 89.0 Å². The first-order valence-electron chi connectivity index (χ1n) is 12.0. The number of benzene rings is 1. The molecule has 0 N–H and O–H groups in total. The Hall–Kier alpha value is -2.48. The molecule has 0 saturated heterocycles. The summed E-state index contributed by atoms with van der Waals surface area (Å²) >= 11 is 0. The molecule has 2 heterocycles. The quantitative estimate of drug-likeness (QED) is 0.420. The maximum Gasteiger partial charge on any atom is 0.0892 e. The lowest BCUT2D eigenvalue weighted by molar-refractivity contribution is 0.886. The molecule has 2 aromatic heterocycles. The van der Waals surface area contributed by atoms with Gasteiger partial charge < -0.3 is 0 Å². The predicted octanol–water partition coefficient (Wildman–Crippen LogP) is 9.62. The highest BCUT2D eigenvalue weighted by Crippen LogP contribution is 2.29. The molecule has 0 fully saturated rings. The van der Waals surface area contributed by atoms with Crippen LogP contribution in [-0.2, 0) is 0 Å². The fourth-order valence-electron chi connectivity index (χ4n) is 2.52. The Morgan fingerprint density at radius 3 is 1.71 bits per heavy atom. The number of hydrogen-bond donors (Lipinski definition) is 0. The average Bonchev–Trinajstić information content (AvgIpc) is 2.87. The molecule has 0 unspecified atom stereocenters. The first-order chi connectivity index (χ1) is 15.1. The number of hydrogen-bond acceptors (Lipinski definition) is 2. The minimum Gasteiger partial charge on any atom is -0.255 e. The molecule has 0 amide bonds. The van der Waals surface area contributed by atoms with E-state index in [2.05, 4.69) is 68.9 Å². The zero-order chi connectivity index (χ0) is 24.2. The molecule has 0 aliphatic rings. The third-order valence-electron chi connectivity index (χ3n) is 4.56. The number of unbranched alkanes of at least 4 members (excludes halogenated alkanes) is 1. The number of aromatic nitrogens is 2. The molecule has 2 nitrogen and oxygen atoms in total. The highest BCUT2D eigenvalue weighted by molar-refractivity contribution is 5.72. The van der Waals surface area contributed by atoms with Gasteiger partial charge in [-0.15, -0.1) is 0 Å². The molecular weight excluding hydrogens is 376 g/mol. The van der Waals surface area contributed by atoms with Crippen molar-refractivity contribution in [1.29, 1.82) is 0 Å². The molecule has 172 valence electrons. The Bertz CT molecular complexity index is 806. The van der Waals surface area contributed by atoms with Gasteiger partial charge in [0.05, 0.1) is 11.4 Å². The molecule has 1 aromatic carbocycles. The highest BCUT2D eigenvalue weighted by atomic mass is 14.8. The van der Waals surface area contributed by atoms with Crippen LogP contribution in [0.5, 0.6) is 0 Å². The molecule has 31 heavy (non-hydrogen) atoms. The minimum atomic E-state index is 0.904. The van der Waals surface area contributed by atoms with E-state index in [4.69, 9.17) is 0 Å². The number of pyridine rings is 2. The summed E-state index contributed by atoms with van der Waals surface area (Å²) < 4.78 is 0. The molecule has 3 aromatic rings. The van der Waals surface area contributed by atoms with Gasteiger partial charge >= 0.3 is 0 Å². The summed E-state index contributed by atoms with van der Waals surface area (Å²) in [6, 6.07) is 14.4. The summed E-state index contributed by atoms with van der Waals surface area (Å²) in [5, 5.41) is 0. The van der Waals surface area contributed by atoms with Gasteiger partial charge in [0.1, 0.15) is 0 Å². The number of nitrogens with zero attached hydrogens (tertiary/aromatic N) is 2. The van der Waals surface area contributed by atoms with Crippen LogP contribution in [0.3, 0.4) is 0 Å². The Balaban J connectivity index is 0. The van der Waals surface area contributed by atoms with Crippen LogP contribution >= 0.6 is 0 Å². The van der Waals surface area contributed by atoms with Gasteiger partial charge in [0, 0.05) is 12.4 Å². The molecule has 0 spiro atoms. The maximum absolute atomic E-state index is 4.44. The van der Waals surface area contributed by atoms with E-state index < -0.39 is 0 Å². The molecule has 0 aliphatic carbocycles. The van der Waals surface area contributed by atoms with E-state index in [1.165, 1.54) is 40.7 Å². The van der Waals surface area contributed by atoms with Gasteiger partial charge in [0.25, 0.3) is 0 Å². The number of rotatable bonds is 3. The Morgan fingerprint density at radius 2 is 1.19 bits per heavy atom. The first-order valence-corrected chi connectivity index (χ1v) is 12.0. The predicted molar refractivity (Wildman–Crippen MR) is 142 cm³/mol. The van der Waals surface area contributed by atoms with Gasteiger partial charge in [-0.1, -0.05) is 86.4 Å². The fraction of sp³-hybridized carbons (Fsp3) is 0.448. The Labute approximate surface area is 193 Å². The van der Waals surface area contributed by atoms with Crippen LogP contribution in [0.25, 0.3) is 22.5 Å². The van der Waals surface area contributed by atoms with Crippen LogP contribution in [0.2, 0.25) is 0 Å². The van der Waals surface area contributed by atoms with Gasteiger partial charge in [-0.3, -0.25) is 9.97 Å². The van der Waals surface area contributed by atoms with Crippen LogP contribution in [0, 0.1) is 20.8 Å². The van der Waals surface area contributed by atoms with E-state index in [0.717, 1.165) is 11.4 Å². The van der Waals surface area contributed by atoms with Crippen molar-refractivity contribution in [3.63, 3.8) is 0 Å². The van der Waals surface area contributed by atoms with Gasteiger partial charge in [-0.25, -0.2) is 0 Å². The van der Waals surface area contributed by atoms with Gasteiger partial charge in [-0.05, 0) is 72.9 Å². The molecule has 2 heteroatoms. The maximum atomic E-state index is 4.44. The van der Waals surface area contributed by atoms with Crippen LogP contribution in [0.4, 0.5) is 0 Å². The third-order valence-corrected chi connectivity index (χ3v) is 4.56. The van der Waals surface area contributed by atoms with Crippen LogP contribution in [-0.4, -0.2) is 9.97 Å². The summed E-state index contributed by atoms with van der Waals surface area (Å²) in [7, 11) is 0. The molecule has 0 atom stereocenters. The smallest absolute Gasteiger partial charge is 0.0892 e. The van der Waals surface area contributed by atoms with Crippen LogP contribution in [0.15, 0.2) is 54.9 Å². The van der Waals surface area contributed by atoms with Crippen molar-refractivity contribution in [3.05, 3.63) is 71.5 Å². The first kappa shape index (κ1) is 30.7. The zero-order valence-corrected chi connectivity index (χ0v) is 22.0. The fourth-order valence-corrected chi connectivity index (χ4v) is 2.52. The van der Waals surface area contributed by atoms with Crippen molar-refractivity contribution < 1.29 is 0 Å². The van der Waals surface area contributed by atoms with Gasteiger partial charge in [0.2, 0.25) is 0 Å². The largest absolute Gasteiger partial charge is 0.255 e. The Morgan fingerprint density at radius 1 is 0.613 bits per heavy atom. The van der Waals surface area contributed by atoms with Gasteiger partial charge in [0.15, 0.2) is 0 Å². The van der Waals surface area contributed by atoms with E-state index in [1.807, 2.05) is 65.9 Å². The monoisotopic (exact) mass is 422 g/mol. The Kier molecular flexibility index (Phi) is 19.3. The van der Waals surface area contributed by atoms with Crippen molar-refractivity contribution in [2.75, 3.05) is 0 Å². The van der Waals surface area contributed by atoms with Crippen molar-refractivity contribution in [1.82, 2.24) is 9.97 Å². The lowest BCUT2D eigenvalue weighted by atomic mass is 9.94. The van der Waals surface area contributed by atoms with E-state index in [9.17, 15) is 0 Å². The molecule has 3 rings (SSSR count). The highest BCUT2D eigenvalue weighted by Gasteiger charge is 2.08.